The first-order valence-corrected chi connectivity index (χ1v) is 19.0. The Morgan fingerprint density at radius 1 is 0.810 bits per heavy atom. The van der Waals surface area contributed by atoms with Crippen LogP contribution in [0.15, 0.2) is 54.3 Å². The van der Waals surface area contributed by atoms with Crippen LogP contribution in [0.3, 0.4) is 0 Å². The molecule has 0 aromatic heterocycles. The number of hydrogen-bond acceptors (Lipinski definition) is 16. The Morgan fingerprint density at radius 2 is 1.43 bits per heavy atom. The van der Waals surface area contributed by atoms with Crippen LogP contribution in [-0.4, -0.2) is 101 Å². The van der Waals surface area contributed by atoms with E-state index in [1.54, 1.807) is 71.9 Å². The summed E-state index contributed by atoms with van der Waals surface area (Å²) in [4.78, 5) is 81.4. The van der Waals surface area contributed by atoms with Gasteiger partial charge in [-0.15, -0.1) is 0 Å². The second-order valence-corrected chi connectivity index (χ2v) is 16.9. The Labute approximate surface area is 335 Å². The number of piperidine rings is 1. The fourth-order valence-corrected chi connectivity index (χ4v) is 8.29. The lowest BCUT2D eigenvalue weighted by atomic mass is 9.50. The predicted molar refractivity (Wildman–Crippen MR) is 200 cm³/mol. The summed E-state index contributed by atoms with van der Waals surface area (Å²) in [5.41, 5.74) is -2.89. The van der Waals surface area contributed by atoms with Crippen LogP contribution in [0.2, 0.25) is 0 Å². The molecule has 0 radical (unpaired) electrons. The van der Waals surface area contributed by atoms with Crippen LogP contribution in [0.5, 0.6) is 11.5 Å². The van der Waals surface area contributed by atoms with Gasteiger partial charge < -0.3 is 47.9 Å². The number of nitrogens with zero attached hydrogens (tertiary/aromatic N) is 1. The van der Waals surface area contributed by atoms with Crippen molar-refractivity contribution >= 4 is 36.0 Å². The molecule has 1 N–H and O–H groups in total. The van der Waals surface area contributed by atoms with Crippen molar-refractivity contribution in [3.05, 3.63) is 71.0 Å². The van der Waals surface area contributed by atoms with E-state index in [1.165, 1.54) is 18.2 Å². The molecule has 0 amide bonds. The molecule has 0 unspecified atom stereocenters. The van der Waals surface area contributed by atoms with Gasteiger partial charge in [-0.25, -0.2) is 19.2 Å². The van der Waals surface area contributed by atoms with Gasteiger partial charge in [0.25, 0.3) is 0 Å². The summed E-state index contributed by atoms with van der Waals surface area (Å²) >= 11 is 0. The van der Waals surface area contributed by atoms with E-state index >= 15 is 0 Å². The minimum absolute atomic E-state index is 0.0111. The summed E-state index contributed by atoms with van der Waals surface area (Å²) < 4.78 is 45.2. The average Bonchev–Trinajstić information content (AvgIpc) is 3.47. The van der Waals surface area contributed by atoms with Gasteiger partial charge in [-0.2, -0.15) is 0 Å². The molecule has 2 heterocycles. The molecule has 6 rings (SSSR count). The van der Waals surface area contributed by atoms with Crippen LogP contribution in [-0.2, 0) is 64.2 Å². The van der Waals surface area contributed by atoms with Crippen LogP contribution in [0.1, 0.15) is 91.0 Å². The third kappa shape index (κ3) is 7.99. The number of ether oxygens (including phenoxy) is 8. The Bertz CT molecular complexity index is 2030. The molecule has 0 saturated carbocycles. The van der Waals surface area contributed by atoms with Crippen molar-refractivity contribution in [1.82, 2.24) is 4.90 Å². The van der Waals surface area contributed by atoms with E-state index in [-0.39, 0.29) is 35.3 Å². The van der Waals surface area contributed by atoms with Crippen molar-refractivity contribution in [1.29, 1.82) is 0 Å². The van der Waals surface area contributed by atoms with Gasteiger partial charge in [-0.3, -0.25) is 9.59 Å². The molecule has 2 aliphatic heterocycles. The highest BCUT2D eigenvalue weighted by Crippen LogP contribution is 2.65. The Morgan fingerprint density at radius 3 is 2.03 bits per heavy atom. The number of carbonyl (C=O) groups is 6. The van der Waals surface area contributed by atoms with E-state index < -0.39 is 82.6 Å². The van der Waals surface area contributed by atoms with Crippen LogP contribution in [0, 0.1) is 0 Å². The molecule has 2 bridgehead atoms. The third-order valence-electron chi connectivity index (χ3n) is 10.4. The fraction of sp³-hybridized carbons (Fsp3) is 0.524. The molecule has 7 atom stereocenters. The monoisotopic (exact) mass is 807 g/mol. The Balaban J connectivity index is 1.35. The van der Waals surface area contributed by atoms with E-state index in [9.17, 15) is 33.9 Å². The van der Waals surface area contributed by atoms with Crippen LogP contribution >= 0.6 is 0 Å². The van der Waals surface area contributed by atoms with E-state index in [2.05, 4.69) is 4.90 Å². The average molecular weight is 808 g/mol. The number of benzene rings is 2. The van der Waals surface area contributed by atoms with E-state index in [4.69, 9.17) is 37.9 Å². The van der Waals surface area contributed by atoms with Crippen molar-refractivity contribution in [2.24, 2.45) is 0 Å². The molecule has 312 valence electrons. The summed E-state index contributed by atoms with van der Waals surface area (Å²) in [6.45, 7) is 12.3. The molecule has 4 aliphatic rings. The highest BCUT2D eigenvalue weighted by atomic mass is 16.7. The van der Waals surface area contributed by atoms with E-state index in [0.29, 0.717) is 24.9 Å². The van der Waals surface area contributed by atoms with Crippen LogP contribution < -0.4 is 9.47 Å². The van der Waals surface area contributed by atoms with Gasteiger partial charge in [0, 0.05) is 37.4 Å². The van der Waals surface area contributed by atoms with Gasteiger partial charge in [-0.1, -0.05) is 36.4 Å². The highest BCUT2D eigenvalue weighted by molar-refractivity contribution is 5.91. The highest BCUT2D eigenvalue weighted by Gasteiger charge is 2.72. The molecule has 1 saturated heterocycles. The SMILES string of the molecule is CC(=O)O[C@@H](C(=O)OC1=CC[C@@]2(O)[C@H]3Cc4ccc(OC(=O)OC(C)(C)C)c5c4[C@@]2(CCN3C)[C@H]1O5)[C@@H](OC(C)=O)C(=O)O[C@H](C(=O)OC(C)(C)C)c1ccccc1. The first-order valence-electron chi connectivity index (χ1n) is 19.0. The summed E-state index contributed by atoms with van der Waals surface area (Å²) in [6.07, 6.45) is -6.11. The van der Waals surface area contributed by atoms with Crippen molar-refractivity contribution < 1.29 is 71.8 Å². The Hall–Kier alpha value is -5.48. The van der Waals surface area contributed by atoms with Crippen molar-refractivity contribution in [3.63, 3.8) is 0 Å². The topological polar surface area (TPSA) is 200 Å². The summed E-state index contributed by atoms with van der Waals surface area (Å²) in [7, 11) is 1.91. The molecule has 2 aromatic carbocycles. The zero-order chi connectivity index (χ0) is 42.5. The largest absolute Gasteiger partial charge is 0.514 e. The van der Waals surface area contributed by atoms with Gasteiger partial charge in [-0.05, 0) is 85.7 Å². The fourth-order valence-electron chi connectivity index (χ4n) is 8.29. The maximum absolute atomic E-state index is 14.3. The second-order valence-electron chi connectivity index (χ2n) is 16.9. The van der Waals surface area contributed by atoms with E-state index in [1.807, 2.05) is 7.05 Å². The lowest BCUT2D eigenvalue weighted by Gasteiger charge is -2.61. The van der Waals surface area contributed by atoms with Crippen molar-refractivity contribution in [3.8, 4) is 11.5 Å². The van der Waals surface area contributed by atoms with Gasteiger partial charge in [0.05, 0.1) is 11.0 Å². The molecule has 2 aliphatic carbocycles. The molecule has 58 heavy (non-hydrogen) atoms. The first-order chi connectivity index (χ1) is 27.0. The summed E-state index contributed by atoms with van der Waals surface area (Å²) in [5, 5.41) is 12.7. The molecule has 1 fully saturated rings. The molecule has 16 heteroatoms. The number of likely N-dealkylation sites (tertiary alicyclic amines) is 1. The zero-order valence-electron chi connectivity index (χ0n) is 33.9. The molecule has 16 nitrogen and oxygen atoms in total. The summed E-state index contributed by atoms with van der Waals surface area (Å²) in [6, 6.07) is 10.9. The normalized spacial score (nSPS) is 24.6. The smallest absolute Gasteiger partial charge is 0.477 e. The minimum atomic E-state index is -2.26. The van der Waals surface area contributed by atoms with Crippen molar-refractivity contribution in [2.45, 2.75) is 127 Å². The number of aliphatic hydroxyl groups is 1. The molecule has 2 aromatic rings. The second kappa shape index (κ2) is 15.4. The molecule has 1 spiro atoms. The number of likely N-dealkylation sites (N-methyl/N-ethyl adjacent to an activating group) is 1. The molecular weight excluding hydrogens is 758 g/mol. The van der Waals surface area contributed by atoms with Gasteiger partial charge in [0.15, 0.2) is 17.6 Å². The maximum Gasteiger partial charge on any atom is 0.514 e. The first kappa shape index (κ1) is 42.1. The van der Waals surface area contributed by atoms with Gasteiger partial charge in [0.1, 0.15) is 17.0 Å². The summed E-state index contributed by atoms with van der Waals surface area (Å²) in [5.74, 6) is -5.77. The van der Waals surface area contributed by atoms with Gasteiger partial charge >= 0.3 is 36.0 Å². The number of hydrogen-bond donors (Lipinski definition) is 1. The van der Waals surface area contributed by atoms with Crippen LogP contribution in [0.4, 0.5) is 4.79 Å². The van der Waals surface area contributed by atoms with Gasteiger partial charge in [0.2, 0.25) is 18.3 Å². The minimum Gasteiger partial charge on any atom is -0.477 e. The van der Waals surface area contributed by atoms with E-state index in [0.717, 1.165) is 19.4 Å². The van der Waals surface area contributed by atoms with Crippen LogP contribution in [0.25, 0.3) is 0 Å². The molecular formula is C42H49NO15. The van der Waals surface area contributed by atoms with Crippen molar-refractivity contribution in [2.75, 3.05) is 13.6 Å². The standard InChI is InChI=1S/C42H49NO15/c1-22(44)51-32(33(52-23(2)45)36(47)56-30(24-13-11-10-12-14-24)37(48)57-39(3,4)5)35(46)53-27-17-18-42(50)28-21-25-15-16-26(54-38(49)58-40(6,7)8)31-29(25)41(42,34(27)55-31)19-20-43(28)9/h10-17,28,30,32-34,50H,18-21H2,1-9H3/t28-,30+,32-,33-,34+,41+,42-/m1/s1. The lowest BCUT2D eigenvalue weighted by molar-refractivity contribution is -0.197. The third-order valence-corrected chi connectivity index (χ3v) is 10.4. The Kier molecular flexibility index (Phi) is 11.2. The predicted octanol–water partition coefficient (Wildman–Crippen LogP) is 4.31. The lowest BCUT2D eigenvalue weighted by Crippen LogP contribution is -2.74. The number of esters is 5. The quantitative estimate of drug-likeness (QED) is 0.202. The zero-order valence-corrected chi connectivity index (χ0v) is 33.9. The number of carbonyl (C=O) groups excluding carboxylic acids is 6. The maximum atomic E-state index is 14.3. The number of rotatable bonds is 10.